The molecule has 1 atom stereocenters. The molecule has 3 rings (SSSR count). The average molecular weight is 593 g/mol. The van der Waals surface area contributed by atoms with Crippen molar-refractivity contribution in [1.29, 1.82) is 0 Å². The Morgan fingerprint density at radius 2 is 1.64 bits per heavy atom. The van der Waals surface area contributed by atoms with Gasteiger partial charge in [0.05, 0.1) is 17.2 Å². The number of sulfonamides is 1. The minimum Gasteiger partial charge on any atom is -0.494 e. The van der Waals surface area contributed by atoms with Crippen molar-refractivity contribution in [3.63, 3.8) is 0 Å². The molecule has 0 bridgehead atoms. The lowest BCUT2D eigenvalue weighted by molar-refractivity contribution is -0.139. The van der Waals surface area contributed by atoms with Crippen molar-refractivity contribution in [3.8, 4) is 5.75 Å². The van der Waals surface area contributed by atoms with E-state index in [0.717, 1.165) is 4.31 Å². The lowest BCUT2D eigenvalue weighted by Gasteiger charge is -2.32. The van der Waals surface area contributed by atoms with E-state index in [-0.39, 0.29) is 17.3 Å². The largest absolute Gasteiger partial charge is 0.494 e. The van der Waals surface area contributed by atoms with E-state index in [9.17, 15) is 18.0 Å². The Morgan fingerprint density at radius 3 is 2.23 bits per heavy atom. The molecule has 0 aliphatic heterocycles. The van der Waals surface area contributed by atoms with E-state index in [0.29, 0.717) is 40.2 Å². The van der Waals surface area contributed by atoms with Crippen LogP contribution in [0.4, 0.5) is 5.69 Å². The minimum absolute atomic E-state index is 0.00771. The van der Waals surface area contributed by atoms with Crippen LogP contribution in [0.3, 0.4) is 0 Å². The fourth-order valence-electron chi connectivity index (χ4n) is 3.86. The van der Waals surface area contributed by atoms with Crippen molar-refractivity contribution >= 4 is 50.7 Å². The topological polar surface area (TPSA) is 96.0 Å². The third-order valence-electron chi connectivity index (χ3n) is 5.92. The van der Waals surface area contributed by atoms with E-state index in [1.807, 2.05) is 6.92 Å². The van der Waals surface area contributed by atoms with Gasteiger partial charge >= 0.3 is 0 Å². The number of hydrogen-bond acceptors (Lipinski definition) is 5. The van der Waals surface area contributed by atoms with Gasteiger partial charge in [0, 0.05) is 23.1 Å². The number of para-hydroxylation sites is 1. The molecule has 2 amide bonds. The van der Waals surface area contributed by atoms with Crippen LogP contribution in [-0.4, -0.2) is 50.9 Å². The van der Waals surface area contributed by atoms with Crippen LogP contribution in [0.2, 0.25) is 10.0 Å². The van der Waals surface area contributed by atoms with Crippen molar-refractivity contribution in [1.82, 2.24) is 10.2 Å². The highest BCUT2D eigenvalue weighted by Crippen LogP contribution is 2.27. The van der Waals surface area contributed by atoms with Crippen molar-refractivity contribution in [2.75, 3.05) is 24.0 Å². The first kappa shape index (κ1) is 30.3. The smallest absolute Gasteiger partial charge is 0.264 e. The molecular formula is C28H31Cl2N3O5S. The SMILES string of the molecule is CCNC(=O)C(C)N(Cc1ccc(Cl)cc1Cl)C(=O)CN(c1ccccc1)S(=O)(=O)c1ccc(OCC)cc1. The monoisotopic (exact) mass is 591 g/mol. The highest BCUT2D eigenvalue weighted by Gasteiger charge is 2.32. The molecule has 1 unspecified atom stereocenters. The van der Waals surface area contributed by atoms with Crippen molar-refractivity contribution in [2.45, 2.75) is 38.3 Å². The first-order chi connectivity index (χ1) is 18.6. The maximum Gasteiger partial charge on any atom is 0.264 e. The van der Waals surface area contributed by atoms with Crippen LogP contribution in [-0.2, 0) is 26.2 Å². The quantitative estimate of drug-likeness (QED) is 0.314. The molecule has 0 aromatic heterocycles. The summed E-state index contributed by atoms with van der Waals surface area (Å²) in [6.07, 6.45) is 0. The summed E-state index contributed by atoms with van der Waals surface area (Å²) in [5.74, 6) is -0.435. The summed E-state index contributed by atoms with van der Waals surface area (Å²) in [6, 6.07) is 18.3. The number of nitrogens with zero attached hydrogens (tertiary/aromatic N) is 2. The van der Waals surface area contributed by atoms with E-state index in [1.165, 1.54) is 17.0 Å². The van der Waals surface area contributed by atoms with Crippen LogP contribution in [0.1, 0.15) is 26.3 Å². The molecule has 3 aromatic rings. The number of carbonyl (C=O) groups excluding carboxylic acids is 2. The minimum atomic E-state index is -4.17. The van der Waals surface area contributed by atoms with Crippen LogP contribution < -0.4 is 14.4 Å². The van der Waals surface area contributed by atoms with Crippen LogP contribution in [0.25, 0.3) is 0 Å². The zero-order chi connectivity index (χ0) is 28.6. The number of nitrogens with one attached hydrogen (secondary N) is 1. The fraction of sp³-hybridized carbons (Fsp3) is 0.286. The van der Waals surface area contributed by atoms with Crippen molar-refractivity contribution in [3.05, 3.63) is 88.4 Å². The van der Waals surface area contributed by atoms with Gasteiger partial charge in [-0.05, 0) is 74.9 Å². The molecule has 11 heteroatoms. The number of rotatable bonds is 12. The first-order valence-electron chi connectivity index (χ1n) is 12.4. The summed E-state index contributed by atoms with van der Waals surface area (Å²) in [5, 5.41) is 3.47. The van der Waals surface area contributed by atoms with E-state index >= 15 is 0 Å². The number of carbonyl (C=O) groups is 2. The van der Waals surface area contributed by atoms with Gasteiger partial charge in [-0.2, -0.15) is 0 Å². The van der Waals surface area contributed by atoms with Gasteiger partial charge in [-0.3, -0.25) is 13.9 Å². The number of amides is 2. The maximum absolute atomic E-state index is 13.8. The second-order valence-corrected chi connectivity index (χ2v) is 11.3. The predicted molar refractivity (Wildman–Crippen MR) is 154 cm³/mol. The van der Waals surface area contributed by atoms with Gasteiger partial charge in [0.2, 0.25) is 11.8 Å². The summed E-state index contributed by atoms with van der Waals surface area (Å²) < 4.78 is 34.1. The predicted octanol–water partition coefficient (Wildman–Crippen LogP) is 5.14. The molecule has 0 aliphatic carbocycles. The third kappa shape index (κ3) is 7.65. The van der Waals surface area contributed by atoms with Gasteiger partial charge in [0.25, 0.3) is 10.0 Å². The zero-order valence-corrected chi connectivity index (χ0v) is 24.3. The molecule has 0 radical (unpaired) electrons. The standard InChI is InChI=1S/C28H31Cl2N3O5S/c1-4-31-28(35)20(3)32(18-21-11-12-22(29)17-26(21)30)27(34)19-33(23-9-7-6-8-10-23)39(36,37)25-15-13-24(14-16-25)38-5-2/h6-17,20H,4-5,18-19H2,1-3H3,(H,31,35). The fourth-order valence-corrected chi connectivity index (χ4v) is 5.75. The summed E-state index contributed by atoms with van der Waals surface area (Å²) in [4.78, 5) is 27.9. The summed E-state index contributed by atoms with van der Waals surface area (Å²) in [7, 11) is -4.17. The number of ether oxygens (including phenoxy) is 1. The molecule has 0 fully saturated rings. The molecule has 0 saturated carbocycles. The van der Waals surface area contributed by atoms with Crippen LogP contribution in [0.15, 0.2) is 77.7 Å². The van der Waals surface area contributed by atoms with E-state index < -0.39 is 28.5 Å². The maximum atomic E-state index is 13.8. The molecule has 0 heterocycles. The summed E-state index contributed by atoms with van der Waals surface area (Å²) >= 11 is 12.4. The Bertz CT molecular complexity index is 1390. The van der Waals surface area contributed by atoms with Gasteiger partial charge < -0.3 is 15.0 Å². The molecule has 0 aliphatic rings. The highest BCUT2D eigenvalue weighted by molar-refractivity contribution is 7.92. The highest BCUT2D eigenvalue weighted by atomic mass is 35.5. The van der Waals surface area contributed by atoms with E-state index in [1.54, 1.807) is 74.5 Å². The second kappa shape index (κ2) is 13.7. The van der Waals surface area contributed by atoms with Gasteiger partial charge in [-0.25, -0.2) is 8.42 Å². The summed E-state index contributed by atoms with van der Waals surface area (Å²) in [5.41, 5.74) is 0.862. The molecule has 39 heavy (non-hydrogen) atoms. The Labute approximate surface area is 239 Å². The lowest BCUT2D eigenvalue weighted by Crippen LogP contribution is -2.51. The average Bonchev–Trinajstić information content (AvgIpc) is 2.92. The van der Waals surface area contributed by atoms with Crippen molar-refractivity contribution in [2.24, 2.45) is 0 Å². The molecular weight excluding hydrogens is 561 g/mol. The third-order valence-corrected chi connectivity index (χ3v) is 8.29. The Hall–Kier alpha value is -3.27. The van der Waals surface area contributed by atoms with E-state index in [4.69, 9.17) is 27.9 Å². The van der Waals surface area contributed by atoms with Gasteiger partial charge in [-0.1, -0.05) is 47.5 Å². The molecule has 1 N–H and O–H groups in total. The number of hydrogen-bond donors (Lipinski definition) is 1. The first-order valence-corrected chi connectivity index (χ1v) is 14.6. The molecule has 0 saturated heterocycles. The Kier molecular flexibility index (Phi) is 10.6. The van der Waals surface area contributed by atoms with Crippen LogP contribution in [0.5, 0.6) is 5.75 Å². The Balaban J connectivity index is 2.01. The molecule has 0 spiro atoms. The lowest BCUT2D eigenvalue weighted by atomic mass is 10.1. The second-order valence-electron chi connectivity index (χ2n) is 8.58. The van der Waals surface area contributed by atoms with E-state index in [2.05, 4.69) is 5.32 Å². The van der Waals surface area contributed by atoms with Gasteiger partial charge in [-0.15, -0.1) is 0 Å². The van der Waals surface area contributed by atoms with Crippen molar-refractivity contribution < 1.29 is 22.7 Å². The van der Waals surface area contributed by atoms with Crippen LogP contribution >= 0.6 is 23.2 Å². The number of anilines is 1. The molecule has 8 nitrogen and oxygen atoms in total. The van der Waals surface area contributed by atoms with Gasteiger partial charge in [0.1, 0.15) is 18.3 Å². The van der Waals surface area contributed by atoms with Gasteiger partial charge in [0.15, 0.2) is 0 Å². The molecule has 208 valence electrons. The zero-order valence-electron chi connectivity index (χ0n) is 21.9. The number of halogens is 2. The molecule has 3 aromatic carbocycles. The number of benzene rings is 3. The van der Waals surface area contributed by atoms with Crippen LogP contribution in [0, 0.1) is 0 Å². The Morgan fingerprint density at radius 1 is 0.974 bits per heavy atom. The summed E-state index contributed by atoms with van der Waals surface area (Å²) in [6.45, 7) is 5.42. The normalized spacial score (nSPS) is 11.9. The number of likely N-dealkylation sites (N-methyl/N-ethyl adjacent to an activating group) is 1.